The molecule has 0 saturated carbocycles. The summed E-state index contributed by atoms with van der Waals surface area (Å²) in [5.41, 5.74) is 14.5. The Morgan fingerprint density at radius 1 is 0.739 bits per heavy atom. The number of nitrogen functional groups attached to an aromatic ring is 2. The van der Waals surface area contributed by atoms with Crippen LogP contribution in [0.25, 0.3) is 33.5 Å². The van der Waals surface area contributed by atoms with Crippen molar-refractivity contribution in [3.05, 3.63) is 35.2 Å². The van der Waals surface area contributed by atoms with E-state index >= 15 is 0 Å². The van der Waals surface area contributed by atoms with Crippen LogP contribution >= 0.6 is 0 Å². The van der Waals surface area contributed by atoms with Gasteiger partial charge in [-0.2, -0.15) is 19.9 Å². The van der Waals surface area contributed by atoms with E-state index in [4.69, 9.17) is 20.9 Å². The van der Waals surface area contributed by atoms with Crippen LogP contribution in [0.15, 0.2) is 23.8 Å². The Morgan fingerprint density at radius 2 is 1.22 bits per heavy atom. The van der Waals surface area contributed by atoms with Crippen LogP contribution in [0, 0.1) is 6.92 Å². The summed E-state index contributed by atoms with van der Waals surface area (Å²) in [6.07, 6.45) is 5.09. The maximum Gasteiger partial charge on any atom is 0.280 e. The molecule has 0 atom stereocenters. The molecule has 0 aromatic carbocycles. The second-order valence-electron chi connectivity index (χ2n) is 10.8. The van der Waals surface area contributed by atoms with E-state index in [2.05, 4.69) is 58.7 Å². The van der Waals surface area contributed by atoms with Crippen LogP contribution < -0.4 is 26.5 Å². The number of hydrogen-bond acceptors (Lipinski definition) is 13. The summed E-state index contributed by atoms with van der Waals surface area (Å²) in [6.45, 7) is 16.6. The van der Waals surface area contributed by atoms with Crippen molar-refractivity contribution < 1.29 is 9.47 Å². The fourth-order valence-electron chi connectivity index (χ4n) is 4.36. The van der Waals surface area contributed by atoms with Gasteiger partial charge in [0.05, 0.1) is 32.7 Å². The van der Waals surface area contributed by atoms with Crippen LogP contribution in [-0.4, -0.2) is 72.3 Å². The number of fused-ring (bicyclic) bond motifs is 3. The van der Waals surface area contributed by atoms with Gasteiger partial charge in [-0.3, -0.25) is 9.78 Å². The molecule has 5 N–H and O–H groups in total. The first kappa shape index (κ1) is 35.1. The zero-order valence-electron chi connectivity index (χ0n) is 27.0. The van der Waals surface area contributed by atoms with Crippen LogP contribution in [0.2, 0.25) is 0 Å². The molecule has 6 heterocycles. The molecule has 0 bridgehead atoms. The maximum absolute atomic E-state index is 11.4. The number of nitrogens with zero attached hydrogens (tertiary/aromatic N) is 11. The number of anilines is 2. The van der Waals surface area contributed by atoms with Gasteiger partial charge in [0.1, 0.15) is 5.82 Å². The Labute approximate surface area is 266 Å². The molecule has 17 heteroatoms. The quantitative estimate of drug-likeness (QED) is 0.235. The molecule has 0 radical (unpaired) electrons. The molecular weight excluding hydrogens is 592 g/mol. The third-order valence-corrected chi connectivity index (χ3v) is 6.50. The van der Waals surface area contributed by atoms with E-state index in [1.807, 2.05) is 50.7 Å². The number of rotatable bonds is 6. The van der Waals surface area contributed by atoms with Crippen LogP contribution in [0.1, 0.15) is 79.8 Å². The summed E-state index contributed by atoms with van der Waals surface area (Å²) in [4.78, 5) is 47.1. The lowest BCUT2D eigenvalue weighted by Crippen LogP contribution is -2.12. The lowest BCUT2D eigenvalue weighted by atomic mass is 10.4. The van der Waals surface area contributed by atoms with Crippen LogP contribution in [0.3, 0.4) is 0 Å². The first-order valence-corrected chi connectivity index (χ1v) is 14.5. The van der Waals surface area contributed by atoms with Crippen molar-refractivity contribution in [2.75, 3.05) is 25.2 Å². The zero-order chi connectivity index (χ0) is 33.0. The third-order valence-electron chi connectivity index (χ3n) is 6.50. The normalized spacial score (nSPS) is 11.0. The largest absolute Gasteiger partial charge is 0.479 e. The van der Waals surface area contributed by atoms with Gasteiger partial charge in [0.25, 0.3) is 5.56 Å². The van der Waals surface area contributed by atoms with E-state index in [0.29, 0.717) is 52.6 Å². The Morgan fingerprint density at radius 3 is 1.72 bits per heavy atom. The molecule has 6 aromatic rings. The Bertz CT molecular complexity index is 1970. The first-order valence-electron chi connectivity index (χ1n) is 14.5. The van der Waals surface area contributed by atoms with E-state index < -0.39 is 0 Å². The summed E-state index contributed by atoms with van der Waals surface area (Å²) in [5, 5.41) is 0. The number of aromatic amines is 1. The smallest absolute Gasteiger partial charge is 0.280 e. The van der Waals surface area contributed by atoms with Gasteiger partial charge in [-0.1, -0.05) is 7.43 Å². The van der Waals surface area contributed by atoms with Crippen molar-refractivity contribution in [3.63, 3.8) is 0 Å². The van der Waals surface area contributed by atoms with Crippen molar-refractivity contribution in [3.8, 4) is 11.8 Å². The Hall–Kier alpha value is -5.35. The number of ether oxygens (including phenoxy) is 2. The highest BCUT2D eigenvalue weighted by Crippen LogP contribution is 2.24. The lowest BCUT2D eigenvalue weighted by molar-refractivity contribution is 0.329. The Balaban J connectivity index is 0.000000186. The molecule has 248 valence electrons. The number of hydrogen-bond donors (Lipinski definition) is 3. The topological polar surface area (TPSA) is 221 Å². The maximum atomic E-state index is 11.4. The number of nitrogens with two attached hydrogens (primary N) is 2. The van der Waals surface area contributed by atoms with E-state index in [9.17, 15) is 4.79 Å². The minimum atomic E-state index is -0.299. The number of H-pyrrole nitrogens is 1. The predicted octanol–water partition coefficient (Wildman–Crippen LogP) is 4.03. The molecule has 0 amide bonds. The van der Waals surface area contributed by atoms with Crippen molar-refractivity contribution in [1.29, 1.82) is 0 Å². The molecule has 0 aliphatic rings. The second kappa shape index (κ2) is 14.6. The highest BCUT2D eigenvalue weighted by Gasteiger charge is 2.15. The van der Waals surface area contributed by atoms with Crippen LogP contribution in [0.5, 0.6) is 11.8 Å². The third kappa shape index (κ3) is 7.30. The molecule has 46 heavy (non-hydrogen) atoms. The number of methoxy groups -OCH3 is 1. The summed E-state index contributed by atoms with van der Waals surface area (Å²) in [7, 11) is 1.54. The van der Waals surface area contributed by atoms with E-state index in [-0.39, 0.29) is 37.0 Å². The fraction of sp³-hybridized carbons (Fsp3) is 0.483. The Kier molecular flexibility index (Phi) is 11.2. The molecule has 0 spiro atoms. The zero-order valence-corrected chi connectivity index (χ0v) is 27.0. The van der Waals surface area contributed by atoms with Gasteiger partial charge in [0.15, 0.2) is 33.5 Å². The summed E-state index contributed by atoms with van der Waals surface area (Å²) < 4.78 is 16.3. The molecule has 0 unspecified atom stereocenters. The van der Waals surface area contributed by atoms with Crippen LogP contribution in [0.4, 0.5) is 11.9 Å². The van der Waals surface area contributed by atoms with Crippen molar-refractivity contribution in [2.45, 2.75) is 80.9 Å². The van der Waals surface area contributed by atoms with Gasteiger partial charge in [-0.05, 0) is 55.4 Å². The number of aromatic nitrogens is 12. The molecule has 17 nitrogen and oxygen atoms in total. The van der Waals surface area contributed by atoms with Crippen molar-refractivity contribution in [2.24, 2.45) is 0 Å². The monoisotopic (exact) mass is 636 g/mol. The van der Waals surface area contributed by atoms with E-state index in [1.54, 1.807) is 23.5 Å². The molecule has 0 fully saturated rings. The average Bonchev–Trinajstić information content (AvgIpc) is 3.70. The molecule has 6 rings (SSSR count). The lowest BCUT2D eigenvalue weighted by Gasteiger charge is -2.08. The number of imidazole rings is 3. The fourth-order valence-corrected chi connectivity index (χ4v) is 4.36. The minimum Gasteiger partial charge on any atom is -0.479 e. The molecule has 0 aliphatic heterocycles. The van der Waals surface area contributed by atoms with E-state index in [1.165, 1.54) is 7.11 Å². The number of nitrogens with one attached hydrogen (secondary N) is 1. The molecular formula is C29H44N14O3. The van der Waals surface area contributed by atoms with Gasteiger partial charge < -0.3 is 34.6 Å². The first-order chi connectivity index (χ1) is 21.4. The van der Waals surface area contributed by atoms with Crippen LogP contribution in [-0.2, 0) is 0 Å². The number of aryl methyl sites for hydroxylation is 1. The highest BCUT2D eigenvalue weighted by atomic mass is 16.5. The highest BCUT2D eigenvalue weighted by molar-refractivity contribution is 5.78. The van der Waals surface area contributed by atoms with Crippen molar-refractivity contribution >= 4 is 45.4 Å². The standard InChI is InChI=1S/C11H16N4O.C9H13N5O.C8H11N5O.CH4/c1-5-16-11-9-10(13-8(4)14-11)15(6-12-9)7(2)3;1-5(2)14-4-11-6-7(14)12-9(10)13-8(6)15-3;1-4(2)13-3-10-5-6(13)11-8(9)12-7(5)14;/h6-7H,5H2,1-4H3;4-5H,1-3H3,(H2,10,12,13);3-4H,1-2H3,(H3,9,11,12,14);1H4. The van der Waals surface area contributed by atoms with Crippen molar-refractivity contribution in [1.82, 2.24) is 58.6 Å². The molecule has 0 saturated heterocycles. The summed E-state index contributed by atoms with van der Waals surface area (Å²) in [5.74, 6) is 2.01. The van der Waals surface area contributed by atoms with Gasteiger partial charge >= 0.3 is 0 Å². The average molecular weight is 637 g/mol. The summed E-state index contributed by atoms with van der Waals surface area (Å²) in [6, 6.07) is 0.802. The van der Waals surface area contributed by atoms with E-state index in [0.717, 1.165) is 11.2 Å². The minimum absolute atomic E-state index is 0. The van der Waals surface area contributed by atoms with Gasteiger partial charge in [0, 0.05) is 18.1 Å². The second-order valence-corrected chi connectivity index (χ2v) is 10.8. The predicted molar refractivity (Wildman–Crippen MR) is 178 cm³/mol. The SMILES string of the molecule is C.CC(C)n1cnc2c(=O)[nH]c(N)nc21.CCOc1nc(C)nc2c1ncn2C(C)C.COc1nc(N)nc2c1ncn2C(C)C. The molecule has 6 aromatic heterocycles. The van der Waals surface area contributed by atoms with Gasteiger partial charge in [-0.15, -0.1) is 0 Å². The van der Waals surface area contributed by atoms with Gasteiger partial charge in [0.2, 0.25) is 23.7 Å². The molecule has 0 aliphatic carbocycles. The van der Waals surface area contributed by atoms with Gasteiger partial charge in [-0.25, -0.2) is 19.9 Å². The summed E-state index contributed by atoms with van der Waals surface area (Å²) >= 11 is 0.